The van der Waals surface area contributed by atoms with Gasteiger partial charge in [-0.25, -0.2) is 0 Å². The van der Waals surface area contributed by atoms with Gasteiger partial charge in [-0.2, -0.15) is 0 Å². The largest absolute Gasteiger partial charge is 0.380 e. The summed E-state index contributed by atoms with van der Waals surface area (Å²) in [6, 6.07) is 0.686. The summed E-state index contributed by atoms with van der Waals surface area (Å²) in [6.07, 6.45) is 6.59. The Bertz CT molecular complexity index is 198. The van der Waals surface area contributed by atoms with E-state index in [1.165, 1.54) is 58.3 Å². The second-order valence-corrected chi connectivity index (χ2v) is 5.58. The number of piperidine rings is 1. The summed E-state index contributed by atoms with van der Waals surface area (Å²) in [5.74, 6) is 0.859. The number of nitrogens with zero attached hydrogens (tertiary/aromatic N) is 1. The molecule has 2 rings (SSSR count). The predicted octanol–water partition coefficient (Wildman–Crippen LogP) is 1.88. The van der Waals surface area contributed by atoms with E-state index in [-0.39, 0.29) is 0 Å². The zero-order valence-electron chi connectivity index (χ0n) is 11.3. The molecule has 0 spiro atoms. The summed E-state index contributed by atoms with van der Waals surface area (Å²) in [7, 11) is 0. The molecule has 2 fully saturated rings. The second kappa shape index (κ2) is 7.34. The molecule has 2 aliphatic rings. The van der Waals surface area contributed by atoms with Crippen LogP contribution in [0.4, 0.5) is 0 Å². The highest BCUT2D eigenvalue weighted by Gasteiger charge is 2.24. The summed E-state index contributed by atoms with van der Waals surface area (Å²) >= 11 is 0. The maximum Gasteiger partial charge on any atom is 0.0621 e. The van der Waals surface area contributed by atoms with Crippen molar-refractivity contribution in [3.8, 4) is 0 Å². The van der Waals surface area contributed by atoms with Crippen LogP contribution in [0.25, 0.3) is 0 Å². The first-order valence-corrected chi connectivity index (χ1v) is 7.42. The van der Waals surface area contributed by atoms with Gasteiger partial charge in [0.2, 0.25) is 0 Å². The minimum absolute atomic E-state index is 0.686. The quantitative estimate of drug-likeness (QED) is 0.794. The summed E-state index contributed by atoms with van der Waals surface area (Å²) < 4.78 is 5.64. The Morgan fingerprint density at radius 1 is 1.29 bits per heavy atom. The third-order valence-corrected chi connectivity index (χ3v) is 4.06. The van der Waals surface area contributed by atoms with Crippen molar-refractivity contribution in [1.82, 2.24) is 10.2 Å². The highest BCUT2D eigenvalue weighted by molar-refractivity contribution is 4.79. The van der Waals surface area contributed by atoms with Gasteiger partial charge < -0.3 is 10.1 Å². The zero-order chi connectivity index (χ0) is 11.9. The fourth-order valence-corrected chi connectivity index (χ4v) is 3.13. The van der Waals surface area contributed by atoms with Gasteiger partial charge >= 0.3 is 0 Å². The van der Waals surface area contributed by atoms with Crippen molar-refractivity contribution in [2.24, 2.45) is 5.92 Å². The van der Waals surface area contributed by atoms with E-state index in [9.17, 15) is 0 Å². The van der Waals surface area contributed by atoms with Crippen molar-refractivity contribution in [2.75, 3.05) is 39.4 Å². The Morgan fingerprint density at radius 2 is 2.24 bits per heavy atom. The molecule has 2 atom stereocenters. The summed E-state index contributed by atoms with van der Waals surface area (Å²) in [5, 5.41) is 3.53. The minimum Gasteiger partial charge on any atom is -0.380 e. The van der Waals surface area contributed by atoms with Crippen LogP contribution in [0.3, 0.4) is 0 Å². The third-order valence-electron chi connectivity index (χ3n) is 4.06. The van der Waals surface area contributed by atoms with Gasteiger partial charge in [-0.3, -0.25) is 4.90 Å². The van der Waals surface area contributed by atoms with Gasteiger partial charge in [0.25, 0.3) is 0 Å². The first-order chi connectivity index (χ1) is 8.40. The molecule has 0 bridgehead atoms. The van der Waals surface area contributed by atoms with E-state index in [4.69, 9.17) is 4.74 Å². The molecule has 17 heavy (non-hydrogen) atoms. The molecule has 0 radical (unpaired) electrons. The predicted molar refractivity (Wildman–Crippen MR) is 71.3 cm³/mol. The number of hydrogen-bond acceptors (Lipinski definition) is 3. The number of ether oxygens (including phenoxy) is 1. The molecule has 0 aromatic rings. The van der Waals surface area contributed by atoms with Crippen LogP contribution in [0.2, 0.25) is 0 Å². The summed E-state index contributed by atoms with van der Waals surface area (Å²) in [5.41, 5.74) is 0. The van der Waals surface area contributed by atoms with Crippen LogP contribution in [0, 0.1) is 5.92 Å². The summed E-state index contributed by atoms with van der Waals surface area (Å²) in [6.45, 7) is 9.17. The van der Waals surface area contributed by atoms with Crippen LogP contribution in [-0.2, 0) is 4.74 Å². The van der Waals surface area contributed by atoms with Gasteiger partial charge in [-0.1, -0.05) is 6.92 Å². The Hall–Kier alpha value is -0.120. The molecular weight excluding hydrogens is 212 g/mol. The molecule has 0 saturated carbocycles. The fourth-order valence-electron chi connectivity index (χ4n) is 3.13. The third kappa shape index (κ3) is 4.23. The van der Waals surface area contributed by atoms with E-state index in [1.54, 1.807) is 0 Å². The summed E-state index contributed by atoms with van der Waals surface area (Å²) in [4.78, 5) is 2.69. The smallest absolute Gasteiger partial charge is 0.0621 e. The van der Waals surface area contributed by atoms with Crippen molar-refractivity contribution in [3.05, 3.63) is 0 Å². The lowest BCUT2D eigenvalue weighted by atomic mass is 9.97. The lowest BCUT2D eigenvalue weighted by Crippen LogP contribution is -2.46. The normalized spacial score (nSPS) is 30.7. The molecule has 2 saturated heterocycles. The van der Waals surface area contributed by atoms with Crippen LogP contribution < -0.4 is 5.32 Å². The van der Waals surface area contributed by atoms with E-state index in [2.05, 4.69) is 17.1 Å². The SMILES string of the molecule is CCCN(CC1CCCNC1)C1CCCOC1. The lowest BCUT2D eigenvalue weighted by molar-refractivity contribution is 0.0106. The molecule has 2 heterocycles. The first-order valence-electron chi connectivity index (χ1n) is 7.42. The van der Waals surface area contributed by atoms with Crippen molar-refractivity contribution in [2.45, 2.75) is 45.1 Å². The molecule has 3 heteroatoms. The maximum atomic E-state index is 5.64. The van der Waals surface area contributed by atoms with Gasteiger partial charge in [0.05, 0.1) is 6.61 Å². The van der Waals surface area contributed by atoms with Crippen molar-refractivity contribution < 1.29 is 4.74 Å². The van der Waals surface area contributed by atoms with Crippen LogP contribution in [0.15, 0.2) is 0 Å². The number of nitrogens with one attached hydrogen (secondary N) is 1. The van der Waals surface area contributed by atoms with Crippen LogP contribution in [0.5, 0.6) is 0 Å². The molecule has 3 nitrogen and oxygen atoms in total. The molecule has 1 N–H and O–H groups in total. The Balaban J connectivity index is 1.81. The molecule has 2 aliphatic heterocycles. The van der Waals surface area contributed by atoms with Crippen molar-refractivity contribution >= 4 is 0 Å². The van der Waals surface area contributed by atoms with E-state index in [0.29, 0.717) is 6.04 Å². The Morgan fingerprint density at radius 3 is 2.88 bits per heavy atom. The molecule has 0 aromatic heterocycles. The minimum atomic E-state index is 0.686. The van der Waals surface area contributed by atoms with Gasteiger partial charge in [0.15, 0.2) is 0 Å². The van der Waals surface area contributed by atoms with Gasteiger partial charge in [-0.05, 0) is 57.7 Å². The second-order valence-electron chi connectivity index (χ2n) is 5.58. The van der Waals surface area contributed by atoms with E-state index >= 15 is 0 Å². The monoisotopic (exact) mass is 240 g/mol. The Labute approximate surface area is 106 Å². The van der Waals surface area contributed by atoms with Gasteiger partial charge in [0, 0.05) is 19.2 Å². The zero-order valence-corrected chi connectivity index (χ0v) is 11.3. The highest BCUT2D eigenvalue weighted by atomic mass is 16.5. The first kappa shape index (κ1) is 13.3. The number of rotatable bonds is 5. The standard InChI is InChI=1S/C14H28N2O/c1-2-8-16(14-6-4-9-17-12-14)11-13-5-3-7-15-10-13/h13-15H,2-12H2,1H3. The molecule has 0 aliphatic carbocycles. The number of hydrogen-bond donors (Lipinski definition) is 1. The molecule has 2 unspecified atom stereocenters. The average molecular weight is 240 g/mol. The lowest BCUT2D eigenvalue weighted by Gasteiger charge is -2.37. The highest BCUT2D eigenvalue weighted by Crippen LogP contribution is 2.18. The Kier molecular flexibility index (Phi) is 5.75. The fraction of sp³-hybridized carbons (Fsp3) is 1.00. The van der Waals surface area contributed by atoms with Crippen LogP contribution in [-0.4, -0.2) is 50.3 Å². The van der Waals surface area contributed by atoms with Crippen LogP contribution in [0.1, 0.15) is 39.0 Å². The van der Waals surface area contributed by atoms with Crippen molar-refractivity contribution in [3.63, 3.8) is 0 Å². The maximum absolute atomic E-state index is 5.64. The van der Waals surface area contributed by atoms with Gasteiger partial charge in [0.1, 0.15) is 0 Å². The topological polar surface area (TPSA) is 24.5 Å². The average Bonchev–Trinajstić information content (AvgIpc) is 2.40. The molecule has 100 valence electrons. The molecular formula is C14H28N2O. The van der Waals surface area contributed by atoms with E-state index in [1.807, 2.05) is 0 Å². The van der Waals surface area contributed by atoms with Crippen LogP contribution >= 0.6 is 0 Å². The molecule has 0 amide bonds. The van der Waals surface area contributed by atoms with Gasteiger partial charge in [-0.15, -0.1) is 0 Å². The van der Waals surface area contributed by atoms with E-state index in [0.717, 1.165) is 19.1 Å². The van der Waals surface area contributed by atoms with E-state index < -0.39 is 0 Å². The molecule has 0 aromatic carbocycles. The van der Waals surface area contributed by atoms with Crippen molar-refractivity contribution in [1.29, 1.82) is 0 Å².